The van der Waals surface area contributed by atoms with Crippen molar-refractivity contribution in [3.63, 3.8) is 0 Å². The number of hydrogen-bond donors (Lipinski definition) is 0. The largest absolute Gasteiger partial charge is 0.459 e. The van der Waals surface area contributed by atoms with Gasteiger partial charge >= 0.3 is 0 Å². The van der Waals surface area contributed by atoms with Crippen LogP contribution in [-0.4, -0.2) is 64.3 Å². The molecular weight excluding hydrogens is 445 g/mol. The molecule has 0 atom stereocenters. The Kier molecular flexibility index (Phi) is 7.90. The van der Waals surface area contributed by atoms with Crippen LogP contribution < -0.4 is 4.90 Å². The summed E-state index contributed by atoms with van der Waals surface area (Å²) < 4.78 is 21.1. The van der Waals surface area contributed by atoms with Gasteiger partial charge < -0.3 is 14.2 Å². The van der Waals surface area contributed by atoms with Gasteiger partial charge in [-0.3, -0.25) is 9.69 Å². The SMILES string of the molecule is CCCN(Cc1c(CC)nn(-c2ccc(F)cc2)c1N1CCN(C(C)C)CC1)C(=O)c1ccco1. The van der Waals surface area contributed by atoms with Crippen molar-refractivity contribution in [1.82, 2.24) is 19.6 Å². The Balaban J connectivity index is 1.76. The maximum Gasteiger partial charge on any atom is 0.289 e. The number of benzene rings is 1. The lowest BCUT2D eigenvalue weighted by Gasteiger charge is -2.38. The highest BCUT2D eigenvalue weighted by Gasteiger charge is 2.29. The van der Waals surface area contributed by atoms with Gasteiger partial charge in [0, 0.05) is 44.3 Å². The number of anilines is 1. The number of furan rings is 1. The van der Waals surface area contributed by atoms with E-state index in [-0.39, 0.29) is 11.7 Å². The normalized spacial score (nSPS) is 14.6. The van der Waals surface area contributed by atoms with Crippen molar-refractivity contribution in [3.05, 3.63) is 65.5 Å². The van der Waals surface area contributed by atoms with Crippen molar-refractivity contribution in [1.29, 1.82) is 0 Å². The molecule has 0 unspecified atom stereocenters. The number of aryl methyl sites for hydroxylation is 1. The monoisotopic (exact) mass is 481 g/mol. The Bertz CT molecular complexity index is 1100. The first-order valence-electron chi connectivity index (χ1n) is 12.6. The van der Waals surface area contributed by atoms with Crippen LogP contribution >= 0.6 is 0 Å². The molecule has 0 aliphatic carbocycles. The van der Waals surface area contributed by atoms with E-state index in [0.29, 0.717) is 24.9 Å². The molecule has 1 aromatic carbocycles. The number of carbonyl (C=O) groups is 1. The fourth-order valence-corrected chi connectivity index (χ4v) is 4.74. The Morgan fingerprint density at radius 2 is 1.83 bits per heavy atom. The lowest BCUT2D eigenvalue weighted by Crippen LogP contribution is -2.49. The standard InChI is InChI=1S/C27H36FN5O2/c1-5-13-32(27(34)25-8-7-18-35-25)19-23-24(6-2)29-33(22-11-9-21(28)10-12-22)26(23)31-16-14-30(15-17-31)20(3)4/h7-12,18,20H,5-6,13-17,19H2,1-4H3. The number of piperazine rings is 1. The summed E-state index contributed by atoms with van der Waals surface area (Å²) in [5, 5.41) is 4.97. The summed E-state index contributed by atoms with van der Waals surface area (Å²) in [5.74, 6) is 0.936. The molecule has 7 nitrogen and oxygen atoms in total. The van der Waals surface area contributed by atoms with Crippen molar-refractivity contribution in [2.24, 2.45) is 0 Å². The molecule has 0 radical (unpaired) electrons. The second-order valence-electron chi connectivity index (χ2n) is 9.31. The van der Waals surface area contributed by atoms with Crippen molar-refractivity contribution in [2.75, 3.05) is 37.6 Å². The molecule has 1 amide bonds. The number of halogens is 1. The molecular formula is C27H36FN5O2. The van der Waals surface area contributed by atoms with E-state index in [9.17, 15) is 9.18 Å². The van der Waals surface area contributed by atoms with Crippen molar-refractivity contribution in [2.45, 2.75) is 53.1 Å². The van der Waals surface area contributed by atoms with Crippen LogP contribution in [0.15, 0.2) is 47.1 Å². The highest BCUT2D eigenvalue weighted by molar-refractivity contribution is 5.91. The average Bonchev–Trinajstić information content (AvgIpc) is 3.52. The van der Waals surface area contributed by atoms with Crippen LogP contribution in [0.4, 0.5) is 10.2 Å². The van der Waals surface area contributed by atoms with E-state index in [2.05, 4.69) is 37.5 Å². The maximum atomic E-state index is 13.7. The summed E-state index contributed by atoms with van der Waals surface area (Å²) in [6.45, 7) is 13.3. The van der Waals surface area contributed by atoms with E-state index in [1.54, 1.807) is 24.3 Å². The molecule has 1 aliphatic heterocycles. The van der Waals surface area contributed by atoms with Crippen LogP contribution in [0.25, 0.3) is 5.69 Å². The zero-order valence-corrected chi connectivity index (χ0v) is 21.2. The molecule has 3 heterocycles. The highest BCUT2D eigenvalue weighted by atomic mass is 19.1. The van der Waals surface area contributed by atoms with Crippen molar-refractivity contribution >= 4 is 11.7 Å². The Morgan fingerprint density at radius 3 is 2.40 bits per heavy atom. The smallest absolute Gasteiger partial charge is 0.289 e. The molecule has 188 valence electrons. The Morgan fingerprint density at radius 1 is 1.11 bits per heavy atom. The van der Waals surface area contributed by atoms with Gasteiger partial charge in [-0.1, -0.05) is 13.8 Å². The fraction of sp³-hybridized carbons (Fsp3) is 0.481. The summed E-state index contributed by atoms with van der Waals surface area (Å²) in [6.07, 6.45) is 3.10. The molecule has 1 fully saturated rings. The second-order valence-corrected chi connectivity index (χ2v) is 9.31. The van der Waals surface area contributed by atoms with Crippen LogP contribution in [-0.2, 0) is 13.0 Å². The summed E-state index contributed by atoms with van der Waals surface area (Å²) in [4.78, 5) is 19.9. The van der Waals surface area contributed by atoms with E-state index >= 15 is 0 Å². The minimum atomic E-state index is -0.276. The highest BCUT2D eigenvalue weighted by Crippen LogP contribution is 2.31. The third-order valence-electron chi connectivity index (χ3n) is 6.65. The predicted octanol–water partition coefficient (Wildman–Crippen LogP) is 4.75. The molecule has 3 aromatic rings. The third-order valence-corrected chi connectivity index (χ3v) is 6.65. The van der Waals surface area contributed by atoms with E-state index in [4.69, 9.17) is 9.52 Å². The van der Waals surface area contributed by atoms with E-state index in [1.807, 2.05) is 9.58 Å². The van der Waals surface area contributed by atoms with E-state index < -0.39 is 0 Å². The van der Waals surface area contributed by atoms with Gasteiger partial charge in [0.15, 0.2) is 5.76 Å². The van der Waals surface area contributed by atoms with E-state index in [1.165, 1.54) is 18.4 Å². The van der Waals surface area contributed by atoms with Gasteiger partial charge in [-0.2, -0.15) is 5.10 Å². The number of hydrogen-bond acceptors (Lipinski definition) is 5. The Labute approximate surface area is 207 Å². The average molecular weight is 482 g/mol. The van der Waals surface area contributed by atoms with Crippen molar-refractivity contribution in [3.8, 4) is 5.69 Å². The molecule has 0 bridgehead atoms. The number of carbonyl (C=O) groups excluding carboxylic acids is 1. The topological polar surface area (TPSA) is 57.8 Å². The van der Waals surface area contributed by atoms with Crippen molar-refractivity contribution < 1.29 is 13.6 Å². The first-order valence-corrected chi connectivity index (χ1v) is 12.6. The van der Waals surface area contributed by atoms with Crippen LogP contribution in [0.2, 0.25) is 0 Å². The van der Waals surface area contributed by atoms with Crippen LogP contribution in [0.3, 0.4) is 0 Å². The molecule has 0 spiro atoms. The van der Waals surface area contributed by atoms with Gasteiger partial charge in [0.2, 0.25) is 0 Å². The fourth-order valence-electron chi connectivity index (χ4n) is 4.74. The minimum Gasteiger partial charge on any atom is -0.459 e. The quantitative estimate of drug-likeness (QED) is 0.442. The van der Waals surface area contributed by atoms with Crippen LogP contribution in [0, 0.1) is 5.82 Å². The predicted molar refractivity (Wildman–Crippen MR) is 136 cm³/mol. The van der Waals surface area contributed by atoms with Gasteiger partial charge in [-0.15, -0.1) is 0 Å². The van der Waals surface area contributed by atoms with E-state index in [0.717, 1.165) is 61.8 Å². The molecule has 35 heavy (non-hydrogen) atoms. The van der Waals surface area contributed by atoms with Gasteiger partial charge in [-0.25, -0.2) is 9.07 Å². The molecule has 0 saturated carbocycles. The van der Waals surface area contributed by atoms with Crippen LogP contribution in [0.5, 0.6) is 0 Å². The van der Waals surface area contributed by atoms with Gasteiger partial charge in [0.1, 0.15) is 11.6 Å². The number of rotatable bonds is 9. The molecule has 8 heteroatoms. The molecule has 1 saturated heterocycles. The summed E-state index contributed by atoms with van der Waals surface area (Å²) in [6, 6.07) is 10.4. The zero-order chi connectivity index (χ0) is 24.9. The summed E-state index contributed by atoms with van der Waals surface area (Å²) >= 11 is 0. The summed E-state index contributed by atoms with van der Waals surface area (Å²) in [5.41, 5.74) is 2.81. The van der Waals surface area contributed by atoms with Gasteiger partial charge in [-0.05, 0) is 63.1 Å². The molecule has 2 aromatic heterocycles. The number of aromatic nitrogens is 2. The third kappa shape index (κ3) is 5.42. The number of nitrogens with zero attached hydrogens (tertiary/aromatic N) is 5. The maximum absolute atomic E-state index is 13.7. The molecule has 0 N–H and O–H groups in total. The Hall–Kier alpha value is -3.13. The first kappa shape index (κ1) is 25.0. The molecule has 1 aliphatic rings. The lowest BCUT2D eigenvalue weighted by atomic mass is 10.1. The lowest BCUT2D eigenvalue weighted by molar-refractivity contribution is 0.0710. The van der Waals surface area contributed by atoms with Crippen LogP contribution in [0.1, 0.15) is 55.9 Å². The minimum absolute atomic E-state index is 0.121. The second kappa shape index (κ2) is 11.1. The summed E-state index contributed by atoms with van der Waals surface area (Å²) in [7, 11) is 0. The molecule has 4 rings (SSSR count). The van der Waals surface area contributed by atoms with Gasteiger partial charge in [0.25, 0.3) is 5.91 Å². The zero-order valence-electron chi connectivity index (χ0n) is 21.2. The van der Waals surface area contributed by atoms with Gasteiger partial charge in [0.05, 0.1) is 24.2 Å². The first-order chi connectivity index (χ1) is 16.9. The number of amides is 1.